The fourth-order valence-corrected chi connectivity index (χ4v) is 2.81. The molecular weight excluding hydrogens is 317 g/mol. The van der Waals surface area contributed by atoms with E-state index >= 15 is 0 Å². The molecule has 1 aliphatic heterocycles. The summed E-state index contributed by atoms with van der Waals surface area (Å²) >= 11 is 2.16. The topological polar surface area (TPSA) is 88.5 Å². The summed E-state index contributed by atoms with van der Waals surface area (Å²) in [5, 5.41) is 6.48. The molecule has 1 fully saturated rings. The molecule has 1 aliphatic carbocycles. The molecule has 1 atom stereocenters. The average Bonchev–Trinajstić information content (AvgIpc) is 2.70. The molecule has 1 saturated carbocycles. The SMILES string of the molecule is NC1=C(C(N)I)C(NC2CCCC2)=NCN1. The van der Waals surface area contributed by atoms with Gasteiger partial charge >= 0.3 is 0 Å². The van der Waals surface area contributed by atoms with Crippen molar-refractivity contribution in [2.75, 3.05) is 6.67 Å². The molecule has 0 spiro atoms. The summed E-state index contributed by atoms with van der Waals surface area (Å²) < 4.78 is -0.127. The minimum absolute atomic E-state index is 0.127. The summed E-state index contributed by atoms with van der Waals surface area (Å²) in [6.45, 7) is 0.535. The summed E-state index contributed by atoms with van der Waals surface area (Å²) in [5.41, 5.74) is 12.7. The van der Waals surface area contributed by atoms with Crippen LogP contribution in [0.3, 0.4) is 0 Å². The summed E-state index contributed by atoms with van der Waals surface area (Å²) in [6, 6.07) is 0.537. The number of nitrogens with one attached hydrogen (secondary N) is 2. The first-order valence-corrected chi connectivity index (χ1v) is 6.87. The molecule has 1 unspecified atom stereocenters. The highest BCUT2D eigenvalue weighted by molar-refractivity contribution is 14.1. The molecule has 2 rings (SSSR count). The van der Waals surface area contributed by atoms with Crippen LogP contribution in [-0.4, -0.2) is 22.6 Å². The lowest BCUT2D eigenvalue weighted by atomic mass is 10.1. The largest absolute Gasteiger partial charge is 0.385 e. The molecule has 2 aliphatic rings. The van der Waals surface area contributed by atoms with Gasteiger partial charge in [-0.2, -0.15) is 0 Å². The number of hydrogen-bond donors (Lipinski definition) is 4. The first kappa shape index (κ1) is 12.0. The number of amidine groups is 1. The molecule has 0 radical (unpaired) electrons. The maximum absolute atomic E-state index is 5.91. The van der Waals surface area contributed by atoms with Crippen molar-refractivity contribution in [3.63, 3.8) is 0 Å². The van der Waals surface area contributed by atoms with E-state index in [9.17, 15) is 0 Å². The van der Waals surface area contributed by atoms with Gasteiger partial charge in [0.15, 0.2) is 0 Å². The van der Waals surface area contributed by atoms with E-state index in [-0.39, 0.29) is 4.05 Å². The fourth-order valence-electron chi connectivity index (χ4n) is 2.18. The van der Waals surface area contributed by atoms with E-state index in [0.717, 1.165) is 11.4 Å². The number of nitrogens with two attached hydrogens (primary N) is 2. The summed E-state index contributed by atoms with van der Waals surface area (Å²) in [5.74, 6) is 1.53. The van der Waals surface area contributed by atoms with Gasteiger partial charge in [-0.25, -0.2) is 4.99 Å². The van der Waals surface area contributed by atoms with Gasteiger partial charge in [-0.1, -0.05) is 35.4 Å². The van der Waals surface area contributed by atoms with Crippen LogP contribution in [0.4, 0.5) is 0 Å². The van der Waals surface area contributed by atoms with Gasteiger partial charge < -0.3 is 22.1 Å². The van der Waals surface area contributed by atoms with Crippen LogP contribution in [0.15, 0.2) is 16.4 Å². The van der Waals surface area contributed by atoms with Crippen molar-refractivity contribution in [2.45, 2.75) is 35.8 Å². The van der Waals surface area contributed by atoms with Gasteiger partial charge in [-0.3, -0.25) is 0 Å². The van der Waals surface area contributed by atoms with Crippen LogP contribution in [0.5, 0.6) is 0 Å². The molecule has 90 valence electrons. The molecule has 0 saturated heterocycles. The van der Waals surface area contributed by atoms with E-state index in [2.05, 4.69) is 38.2 Å². The van der Waals surface area contributed by atoms with Gasteiger partial charge in [0.05, 0.1) is 9.62 Å². The Hall–Kier alpha value is -0.500. The number of alkyl halides is 1. The first-order chi connectivity index (χ1) is 7.68. The second kappa shape index (κ2) is 5.22. The van der Waals surface area contributed by atoms with Crippen molar-refractivity contribution >= 4 is 28.4 Å². The van der Waals surface area contributed by atoms with Crippen LogP contribution >= 0.6 is 22.6 Å². The monoisotopic (exact) mass is 335 g/mol. The molecule has 16 heavy (non-hydrogen) atoms. The van der Waals surface area contributed by atoms with Crippen LogP contribution in [0.1, 0.15) is 25.7 Å². The Balaban J connectivity index is 2.09. The quantitative estimate of drug-likeness (QED) is 0.334. The van der Waals surface area contributed by atoms with Gasteiger partial charge in [0, 0.05) is 6.04 Å². The molecule has 1 heterocycles. The Morgan fingerprint density at radius 2 is 2.12 bits per heavy atom. The minimum atomic E-state index is -0.127. The summed E-state index contributed by atoms with van der Waals surface area (Å²) in [7, 11) is 0. The van der Waals surface area contributed by atoms with Gasteiger partial charge in [-0.15, -0.1) is 0 Å². The van der Waals surface area contributed by atoms with E-state index in [0.29, 0.717) is 18.5 Å². The number of aliphatic imine (C=N–C) groups is 1. The molecule has 6 heteroatoms. The van der Waals surface area contributed by atoms with E-state index in [1.807, 2.05) is 0 Å². The van der Waals surface area contributed by atoms with Crippen LogP contribution < -0.4 is 22.1 Å². The van der Waals surface area contributed by atoms with Gasteiger partial charge in [0.2, 0.25) is 0 Å². The maximum atomic E-state index is 5.91. The second-order valence-electron chi connectivity index (χ2n) is 4.20. The van der Waals surface area contributed by atoms with Crippen LogP contribution in [0.25, 0.3) is 0 Å². The lowest BCUT2D eigenvalue weighted by molar-refractivity contribution is 0.621. The normalized spacial score (nSPS) is 24.0. The number of hydrogen-bond acceptors (Lipinski definition) is 5. The smallest absolute Gasteiger partial charge is 0.132 e. The molecule has 0 aromatic carbocycles. The third-order valence-corrected chi connectivity index (χ3v) is 3.65. The van der Waals surface area contributed by atoms with Crippen LogP contribution in [0, 0.1) is 0 Å². The molecule has 0 bridgehead atoms. The van der Waals surface area contributed by atoms with E-state index < -0.39 is 0 Å². The molecule has 5 nitrogen and oxygen atoms in total. The zero-order valence-electron chi connectivity index (χ0n) is 9.17. The predicted octanol–water partition coefficient (Wildman–Crippen LogP) is 0.368. The Morgan fingerprint density at radius 3 is 2.75 bits per heavy atom. The molecule has 0 amide bonds. The zero-order valence-corrected chi connectivity index (χ0v) is 11.3. The minimum Gasteiger partial charge on any atom is -0.385 e. The molecule has 0 aromatic rings. The van der Waals surface area contributed by atoms with Gasteiger partial charge in [0.25, 0.3) is 0 Å². The third-order valence-electron chi connectivity index (χ3n) is 3.02. The van der Waals surface area contributed by atoms with Crippen LogP contribution in [0.2, 0.25) is 0 Å². The highest BCUT2D eigenvalue weighted by Crippen LogP contribution is 2.20. The van der Waals surface area contributed by atoms with E-state index in [1.54, 1.807) is 0 Å². The molecule has 6 N–H and O–H groups in total. The highest BCUT2D eigenvalue weighted by Gasteiger charge is 2.23. The highest BCUT2D eigenvalue weighted by atomic mass is 127. The zero-order chi connectivity index (χ0) is 11.5. The summed E-state index contributed by atoms with van der Waals surface area (Å²) in [4.78, 5) is 4.42. The number of halogens is 1. The predicted molar refractivity (Wildman–Crippen MR) is 74.0 cm³/mol. The van der Waals surface area contributed by atoms with Gasteiger partial charge in [0.1, 0.15) is 18.3 Å². The summed E-state index contributed by atoms with van der Waals surface area (Å²) in [6.07, 6.45) is 5.04. The molecule has 0 aromatic heterocycles. The van der Waals surface area contributed by atoms with Crippen molar-refractivity contribution in [1.82, 2.24) is 10.6 Å². The lowest BCUT2D eigenvalue weighted by Crippen LogP contribution is -2.44. The molecular formula is C10H18IN5. The lowest BCUT2D eigenvalue weighted by Gasteiger charge is -2.25. The standard InChI is InChI=1S/C10H18IN5/c11-8(12)7-9(13)14-5-15-10(7)16-6-3-1-2-4-6/h6,8,14H,1-5,12-13H2,(H,15,16). The fraction of sp³-hybridized carbons (Fsp3) is 0.700. The number of nitrogens with zero attached hydrogens (tertiary/aromatic N) is 1. The van der Waals surface area contributed by atoms with E-state index in [1.165, 1.54) is 25.7 Å². The van der Waals surface area contributed by atoms with Crippen molar-refractivity contribution in [1.29, 1.82) is 0 Å². The Morgan fingerprint density at radius 1 is 1.44 bits per heavy atom. The van der Waals surface area contributed by atoms with E-state index in [4.69, 9.17) is 11.5 Å². The average molecular weight is 335 g/mol. The number of rotatable bonds is 2. The third kappa shape index (κ3) is 2.60. The second-order valence-corrected chi connectivity index (χ2v) is 5.54. The van der Waals surface area contributed by atoms with Gasteiger partial charge in [-0.05, 0) is 12.8 Å². The Kier molecular flexibility index (Phi) is 3.91. The van der Waals surface area contributed by atoms with Crippen molar-refractivity contribution in [3.05, 3.63) is 11.4 Å². The Bertz CT molecular complexity index is 317. The van der Waals surface area contributed by atoms with Crippen molar-refractivity contribution < 1.29 is 0 Å². The van der Waals surface area contributed by atoms with Crippen LogP contribution in [-0.2, 0) is 0 Å². The van der Waals surface area contributed by atoms with Crippen molar-refractivity contribution in [2.24, 2.45) is 16.5 Å². The van der Waals surface area contributed by atoms with Crippen molar-refractivity contribution in [3.8, 4) is 0 Å². The first-order valence-electron chi connectivity index (χ1n) is 5.63. The Labute approximate surface area is 109 Å². The maximum Gasteiger partial charge on any atom is 0.132 e.